The summed E-state index contributed by atoms with van der Waals surface area (Å²) in [6.07, 6.45) is 1.82. The van der Waals surface area contributed by atoms with Crippen molar-refractivity contribution in [1.82, 2.24) is 20.0 Å². The molecular formula is C23H20N6O4. The van der Waals surface area contributed by atoms with E-state index in [4.69, 9.17) is 14.2 Å². The lowest BCUT2D eigenvalue weighted by molar-refractivity contribution is 0.171. The number of aryl methyl sites for hydroxylation is 1. The highest BCUT2D eigenvalue weighted by Crippen LogP contribution is 2.32. The molecule has 3 heterocycles. The van der Waals surface area contributed by atoms with Crippen LogP contribution in [0, 0.1) is 6.92 Å². The van der Waals surface area contributed by atoms with E-state index in [0.717, 1.165) is 5.69 Å². The number of aromatic nitrogens is 4. The Labute approximate surface area is 189 Å². The summed E-state index contributed by atoms with van der Waals surface area (Å²) in [5.41, 5.74) is 2.10. The van der Waals surface area contributed by atoms with Crippen molar-refractivity contribution in [2.24, 2.45) is 0 Å². The maximum absolute atomic E-state index is 12.3. The second-order valence-electron chi connectivity index (χ2n) is 7.20. The number of hydrogen-bond donors (Lipinski definition) is 2. The molecule has 0 saturated heterocycles. The van der Waals surface area contributed by atoms with Gasteiger partial charge in [0.25, 0.3) is 0 Å². The van der Waals surface area contributed by atoms with Crippen molar-refractivity contribution >= 4 is 17.4 Å². The molecule has 0 atom stereocenters. The zero-order valence-corrected chi connectivity index (χ0v) is 17.7. The van der Waals surface area contributed by atoms with E-state index in [-0.39, 0.29) is 6.03 Å². The number of hydrogen-bond acceptors (Lipinski definition) is 7. The van der Waals surface area contributed by atoms with Crippen LogP contribution in [0.3, 0.4) is 0 Å². The van der Waals surface area contributed by atoms with Gasteiger partial charge in [-0.3, -0.25) is 0 Å². The maximum atomic E-state index is 12.3. The molecule has 2 N–H and O–H groups in total. The van der Waals surface area contributed by atoms with Crippen LogP contribution in [0.4, 0.5) is 16.2 Å². The Morgan fingerprint density at radius 1 is 0.909 bits per heavy atom. The molecule has 2 aromatic heterocycles. The van der Waals surface area contributed by atoms with Crippen LogP contribution >= 0.6 is 0 Å². The van der Waals surface area contributed by atoms with Crippen LogP contribution in [0.2, 0.25) is 0 Å². The average molecular weight is 444 g/mol. The van der Waals surface area contributed by atoms with Gasteiger partial charge in [-0.1, -0.05) is 0 Å². The van der Waals surface area contributed by atoms with Crippen molar-refractivity contribution in [2.75, 3.05) is 23.8 Å². The topological polar surface area (TPSA) is 112 Å². The van der Waals surface area contributed by atoms with Crippen LogP contribution in [-0.2, 0) is 0 Å². The molecule has 0 unspecified atom stereocenters. The van der Waals surface area contributed by atoms with Crippen molar-refractivity contribution in [3.05, 3.63) is 72.6 Å². The Balaban J connectivity index is 1.17. The summed E-state index contributed by atoms with van der Waals surface area (Å²) in [5, 5.41) is 18.0. The van der Waals surface area contributed by atoms with Crippen molar-refractivity contribution < 1.29 is 19.0 Å². The van der Waals surface area contributed by atoms with E-state index in [1.54, 1.807) is 59.3 Å². The van der Waals surface area contributed by atoms with E-state index in [1.807, 2.05) is 19.2 Å². The second-order valence-corrected chi connectivity index (χ2v) is 7.20. The second kappa shape index (κ2) is 8.87. The van der Waals surface area contributed by atoms with Gasteiger partial charge < -0.3 is 24.8 Å². The molecule has 10 nitrogen and oxygen atoms in total. The van der Waals surface area contributed by atoms with E-state index in [1.165, 1.54) is 0 Å². The molecule has 0 bridgehead atoms. The molecule has 0 fully saturated rings. The molecule has 0 spiro atoms. The van der Waals surface area contributed by atoms with Crippen molar-refractivity contribution in [1.29, 1.82) is 0 Å². The van der Waals surface area contributed by atoms with Crippen molar-refractivity contribution in [3.63, 3.8) is 0 Å². The summed E-state index contributed by atoms with van der Waals surface area (Å²) in [7, 11) is 0. The summed E-state index contributed by atoms with van der Waals surface area (Å²) < 4.78 is 18.4. The number of anilines is 2. The SMILES string of the molecule is Cc1ccn(-c2ccc(Oc3ccc(NC(=O)Nc4ccc5c(c4)OCCO5)cc3)nn2)n1. The summed E-state index contributed by atoms with van der Waals surface area (Å²) >= 11 is 0. The monoisotopic (exact) mass is 444 g/mol. The first-order valence-electron chi connectivity index (χ1n) is 10.2. The minimum absolute atomic E-state index is 0.347. The number of carbonyl (C=O) groups excluding carboxylic acids is 1. The summed E-state index contributed by atoms with van der Waals surface area (Å²) in [6.45, 7) is 2.90. The molecule has 1 aliphatic heterocycles. The lowest BCUT2D eigenvalue weighted by Gasteiger charge is -2.19. The van der Waals surface area contributed by atoms with Gasteiger partial charge in [0.05, 0.1) is 5.69 Å². The molecule has 2 aromatic carbocycles. The van der Waals surface area contributed by atoms with Crippen LogP contribution in [0.25, 0.3) is 5.82 Å². The van der Waals surface area contributed by atoms with Gasteiger partial charge in [0.1, 0.15) is 19.0 Å². The van der Waals surface area contributed by atoms with E-state index < -0.39 is 0 Å². The van der Waals surface area contributed by atoms with E-state index in [0.29, 0.717) is 53.5 Å². The van der Waals surface area contributed by atoms with Gasteiger partial charge in [0.2, 0.25) is 5.88 Å². The van der Waals surface area contributed by atoms with Gasteiger partial charge in [-0.25, -0.2) is 9.48 Å². The molecule has 1 aliphatic rings. The summed E-state index contributed by atoms with van der Waals surface area (Å²) in [4.78, 5) is 12.3. The Kier molecular flexibility index (Phi) is 5.46. The molecule has 0 radical (unpaired) electrons. The summed E-state index contributed by atoms with van der Waals surface area (Å²) in [6, 6.07) is 17.2. The van der Waals surface area contributed by atoms with Crippen LogP contribution in [0.15, 0.2) is 66.9 Å². The number of rotatable bonds is 5. The largest absolute Gasteiger partial charge is 0.486 e. The highest BCUT2D eigenvalue weighted by atomic mass is 16.6. The number of ether oxygens (including phenoxy) is 3. The first-order chi connectivity index (χ1) is 16.1. The Bertz CT molecular complexity index is 1270. The van der Waals surface area contributed by atoms with Crippen LogP contribution in [-0.4, -0.2) is 39.2 Å². The quantitative estimate of drug-likeness (QED) is 0.475. The Morgan fingerprint density at radius 3 is 2.39 bits per heavy atom. The van der Waals surface area contributed by atoms with Gasteiger partial charge in [-0.2, -0.15) is 5.10 Å². The molecule has 10 heteroatoms. The fourth-order valence-electron chi connectivity index (χ4n) is 3.17. The first-order valence-corrected chi connectivity index (χ1v) is 10.2. The van der Waals surface area contributed by atoms with Gasteiger partial charge >= 0.3 is 6.03 Å². The zero-order valence-electron chi connectivity index (χ0n) is 17.7. The number of nitrogens with zero attached hydrogens (tertiary/aromatic N) is 4. The van der Waals surface area contributed by atoms with Gasteiger partial charge in [-0.15, -0.1) is 10.2 Å². The lowest BCUT2D eigenvalue weighted by atomic mass is 10.2. The molecule has 2 amide bonds. The predicted molar refractivity (Wildman–Crippen MR) is 120 cm³/mol. The average Bonchev–Trinajstić information content (AvgIpc) is 3.27. The molecule has 5 rings (SSSR count). The zero-order chi connectivity index (χ0) is 22.6. The Morgan fingerprint density at radius 2 is 1.67 bits per heavy atom. The summed E-state index contributed by atoms with van der Waals surface area (Å²) in [5.74, 6) is 2.78. The fourth-order valence-corrected chi connectivity index (χ4v) is 3.17. The standard InChI is InChI=1S/C23H20N6O4/c1-15-10-11-29(28-15)21-8-9-22(27-26-21)33-18-5-2-16(3-6-18)24-23(30)25-17-4-7-19-20(14-17)32-13-12-31-19/h2-11,14H,12-13H2,1H3,(H2,24,25,30). The lowest BCUT2D eigenvalue weighted by Crippen LogP contribution is -2.20. The number of benzene rings is 2. The van der Waals surface area contributed by atoms with Gasteiger partial charge in [0.15, 0.2) is 17.3 Å². The molecule has 0 aliphatic carbocycles. The molecule has 4 aromatic rings. The first kappa shape index (κ1) is 20.3. The van der Waals surface area contributed by atoms with Crippen LogP contribution < -0.4 is 24.8 Å². The van der Waals surface area contributed by atoms with Gasteiger partial charge in [-0.05, 0) is 55.5 Å². The number of amides is 2. The smallest absolute Gasteiger partial charge is 0.323 e. The highest BCUT2D eigenvalue weighted by molar-refractivity contribution is 5.99. The third-order valence-corrected chi connectivity index (χ3v) is 4.72. The molecule has 0 saturated carbocycles. The number of urea groups is 1. The van der Waals surface area contributed by atoms with E-state index in [9.17, 15) is 4.79 Å². The van der Waals surface area contributed by atoms with E-state index >= 15 is 0 Å². The van der Waals surface area contributed by atoms with Crippen LogP contribution in [0.1, 0.15) is 5.69 Å². The molecular weight excluding hydrogens is 424 g/mol. The number of nitrogens with one attached hydrogen (secondary N) is 2. The van der Waals surface area contributed by atoms with Crippen molar-refractivity contribution in [2.45, 2.75) is 6.92 Å². The molecule has 166 valence electrons. The minimum atomic E-state index is -0.379. The molecule has 33 heavy (non-hydrogen) atoms. The third kappa shape index (κ3) is 4.85. The van der Waals surface area contributed by atoms with E-state index in [2.05, 4.69) is 25.9 Å². The Hall–Kier alpha value is -4.60. The highest BCUT2D eigenvalue weighted by Gasteiger charge is 2.13. The number of carbonyl (C=O) groups is 1. The fraction of sp³-hybridized carbons (Fsp3) is 0.130. The normalized spacial score (nSPS) is 12.2. The third-order valence-electron chi connectivity index (χ3n) is 4.72. The maximum Gasteiger partial charge on any atom is 0.323 e. The van der Waals surface area contributed by atoms with Crippen LogP contribution in [0.5, 0.6) is 23.1 Å². The van der Waals surface area contributed by atoms with Gasteiger partial charge in [0, 0.05) is 29.7 Å². The minimum Gasteiger partial charge on any atom is -0.486 e. The number of fused-ring (bicyclic) bond motifs is 1. The van der Waals surface area contributed by atoms with Crippen molar-refractivity contribution in [3.8, 4) is 28.9 Å². The predicted octanol–water partition coefficient (Wildman–Crippen LogP) is 4.18.